The highest BCUT2D eigenvalue weighted by atomic mass is 16.4. The molecule has 1 aromatic carbocycles. The molecule has 3 aromatic rings. The lowest BCUT2D eigenvalue weighted by atomic mass is 10.1. The van der Waals surface area contributed by atoms with Crippen molar-refractivity contribution in [2.75, 3.05) is 30.8 Å². The van der Waals surface area contributed by atoms with E-state index in [0.29, 0.717) is 6.54 Å². The Hall–Kier alpha value is -3.62. The van der Waals surface area contributed by atoms with Crippen molar-refractivity contribution in [3.63, 3.8) is 0 Å². The van der Waals surface area contributed by atoms with E-state index in [4.69, 9.17) is 5.73 Å². The molecule has 3 N–H and O–H groups in total. The number of carbonyl (C=O) groups is 1. The van der Waals surface area contributed by atoms with Crippen LogP contribution >= 0.6 is 0 Å². The molecule has 1 saturated heterocycles. The third-order valence-electron chi connectivity index (χ3n) is 6.28. The van der Waals surface area contributed by atoms with E-state index in [9.17, 15) is 9.90 Å². The lowest BCUT2D eigenvalue weighted by molar-refractivity contribution is 0.142. The predicted molar refractivity (Wildman–Crippen MR) is 117 cm³/mol. The quantitative estimate of drug-likeness (QED) is 0.671. The summed E-state index contributed by atoms with van der Waals surface area (Å²) in [5.74, 6) is 1.05. The molecule has 0 bridgehead atoms. The molecule has 1 aliphatic carbocycles. The number of nitrogen functional groups attached to an aromatic ring is 1. The van der Waals surface area contributed by atoms with Gasteiger partial charge in [-0.05, 0) is 37.8 Å². The molecule has 1 fully saturated rings. The molecule has 160 valence electrons. The Morgan fingerprint density at radius 3 is 2.81 bits per heavy atom. The number of rotatable bonds is 3. The molecular formula is C22H25N7O2. The zero-order valence-corrected chi connectivity index (χ0v) is 17.4. The first-order valence-corrected chi connectivity index (χ1v) is 10.5. The molecule has 31 heavy (non-hydrogen) atoms. The molecular weight excluding hydrogens is 394 g/mol. The number of nitrogens with two attached hydrogens (primary N) is 1. The third-order valence-corrected chi connectivity index (χ3v) is 6.28. The Bertz CT molecular complexity index is 1130. The second-order valence-corrected chi connectivity index (χ2v) is 8.12. The van der Waals surface area contributed by atoms with Crippen LogP contribution in [-0.2, 0) is 12.8 Å². The topological polar surface area (TPSA) is 113 Å². The van der Waals surface area contributed by atoms with Gasteiger partial charge in [-0.1, -0.05) is 18.2 Å². The maximum Gasteiger partial charge on any atom is 0.407 e. The lowest BCUT2D eigenvalue weighted by Gasteiger charge is -2.24. The number of hydrogen-bond acceptors (Lipinski definition) is 6. The van der Waals surface area contributed by atoms with Crippen molar-refractivity contribution in [3.05, 3.63) is 47.8 Å². The van der Waals surface area contributed by atoms with Gasteiger partial charge < -0.3 is 20.6 Å². The Labute approximate surface area is 180 Å². The molecule has 1 amide bonds. The van der Waals surface area contributed by atoms with E-state index < -0.39 is 6.09 Å². The molecule has 1 atom stereocenters. The van der Waals surface area contributed by atoms with Gasteiger partial charge in [0.05, 0.1) is 29.3 Å². The van der Waals surface area contributed by atoms with Gasteiger partial charge in [-0.15, -0.1) is 0 Å². The van der Waals surface area contributed by atoms with Crippen molar-refractivity contribution in [1.82, 2.24) is 24.6 Å². The third kappa shape index (κ3) is 3.35. The molecule has 9 nitrogen and oxygen atoms in total. The summed E-state index contributed by atoms with van der Waals surface area (Å²) in [5, 5.41) is 14.0. The molecule has 0 spiro atoms. The first-order valence-electron chi connectivity index (χ1n) is 10.5. The van der Waals surface area contributed by atoms with Crippen LogP contribution < -0.4 is 10.6 Å². The molecule has 5 rings (SSSR count). The Morgan fingerprint density at radius 2 is 2.03 bits per heavy atom. The predicted octanol–water partition coefficient (Wildman–Crippen LogP) is 2.59. The summed E-state index contributed by atoms with van der Waals surface area (Å²) in [4.78, 5) is 24.1. The van der Waals surface area contributed by atoms with Crippen molar-refractivity contribution < 1.29 is 9.90 Å². The Kier molecular flexibility index (Phi) is 4.72. The van der Waals surface area contributed by atoms with Crippen LogP contribution in [0.3, 0.4) is 0 Å². The van der Waals surface area contributed by atoms with E-state index in [1.165, 1.54) is 4.90 Å². The van der Waals surface area contributed by atoms with Gasteiger partial charge in [0.2, 0.25) is 5.95 Å². The fourth-order valence-electron chi connectivity index (χ4n) is 4.65. The summed E-state index contributed by atoms with van der Waals surface area (Å²) in [6.45, 7) is 1.34. The summed E-state index contributed by atoms with van der Waals surface area (Å²) in [5.41, 5.74) is 11.2. The van der Waals surface area contributed by atoms with Crippen molar-refractivity contribution in [2.45, 2.75) is 31.7 Å². The van der Waals surface area contributed by atoms with Crippen LogP contribution in [-0.4, -0.2) is 62.0 Å². The highest BCUT2D eigenvalue weighted by Gasteiger charge is 2.32. The second-order valence-electron chi connectivity index (χ2n) is 8.12. The highest BCUT2D eigenvalue weighted by Crippen LogP contribution is 2.37. The summed E-state index contributed by atoms with van der Waals surface area (Å²) in [6, 6.07) is 10.0. The summed E-state index contributed by atoms with van der Waals surface area (Å²) in [6.07, 6.45) is 4.39. The van der Waals surface area contributed by atoms with Crippen molar-refractivity contribution in [1.29, 1.82) is 0 Å². The zero-order chi connectivity index (χ0) is 21.5. The molecule has 2 aromatic heterocycles. The molecule has 1 aliphatic heterocycles. The van der Waals surface area contributed by atoms with E-state index in [-0.39, 0.29) is 12.0 Å². The van der Waals surface area contributed by atoms with Gasteiger partial charge in [0, 0.05) is 31.3 Å². The largest absolute Gasteiger partial charge is 0.465 e. The number of anilines is 2. The number of aromatic nitrogens is 4. The van der Waals surface area contributed by atoms with E-state index >= 15 is 0 Å². The van der Waals surface area contributed by atoms with Crippen molar-refractivity contribution in [3.8, 4) is 16.9 Å². The number of carboxylic acid groups (broad SMARTS) is 1. The maximum atomic E-state index is 11.4. The lowest BCUT2D eigenvalue weighted by Crippen LogP contribution is -2.38. The summed E-state index contributed by atoms with van der Waals surface area (Å²) < 4.78 is 1.98. The number of nitrogens with zero attached hydrogens (tertiary/aromatic N) is 6. The number of para-hydroxylation sites is 1. The first kappa shape index (κ1) is 19.3. The Balaban J connectivity index is 1.55. The van der Waals surface area contributed by atoms with Gasteiger partial charge in [-0.25, -0.2) is 14.5 Å². The van der Waals surface area contributed by atoms with E-state index in [1.54, 1.807) is 7.05 Å². The van der Waals surface area contributed by atoms with E-state index in [0.717, 1.165) is 66.2 Å². The first-order chi connectivity index (χ1) is 15.0. The normalized spacial score (nSPS) is 17.7. The number of hydrogen-bond donors (Lipinski definition) is 2. The average Bonchev–Trinajstić information content (AvgIpc) is 3.38. The minimum atomic E-state index is -0.911. The monoisotopic (exact) mass is 419 g/mol. The van der Waals surface area contributed by atoms with Gasteiger partial charge in [-0.3, -0.25) is 0 Å². The molecule has 2 aliphatic rings. The Morgan fingerprint density at radius 1 is 1.23 bits per heavy atom. The van der Waals surface area contributed by atoms with Crippen LogP contribution in [0, 0.1) is 0 Å². The molecule has 3 heterocycles. The smallest absolute Gasteiger partial charge is 0.407 e. The number of benzene rings is 1. The minimum absolute atomic E-state index is 0.0634. The number of amides is 1. The van der Waals surface area contributed by atoms with E-state index in [1.807, 2.05) is 41.2 Å². The van der Waals surface area contributed by atoms with Crippen molar-refractivity contribution >= 4 is 17.9 Å². The number of fused-ring (bicyclic) bond motifs is 3. The minimum Gasteiger partial charge on any atom is -0.465 e. The second kappa shape index (κ2) is 7.57. The molecule has 9 heteroatoms. The fraction of sp³-hybridized carbons (Fsp3) is 0.364. The standard InChI is InChI=1S/C22H25N7O2/c1-27(22(30)31)15-10-11-28(13-15)20-16-8-5-9-18-17(19(16)25-21(23)26-20)12-24-29(18)14-6-3-2-4-7-14/h2-4,6-7,12,15H,5,8-11,13H2,1H3,(H,30,31)(H2,23,25,26)/t15-/m1/s1. The van der Waals surface area contributed by atoms with Crippen LogP contribution in [0.4, 0.5) is 16.6 Å². The molecule has 0 unspecified atom stereocenters. The van der Waals surface area contributed by atoms with Crippen LogP contribution in [0.25, 0.3) is 16.9 Å². The number of likely N-dealkylation sites (N-methyl/N-ethyl adjacent to an activating group) is 1. The van der Waals surface area contributed by atoms with Gasteiger partial charge in [0.15, 0.2) is 0 Å². The average molecular weight is 419 g/mol. The van der Waals surface area contributed by atoms with Crippen LogP contribution in [0.5, 0.6) is 0 Å². The van der Waals surface area contributed by atoms with Gasteiger partial charge >= 0.3 is 6.09 Å². The van der Waals surface area contributed by atoms with Gasteiger partial charge in [-0.2, -0.15) is 10.1 Å². The summed E-state index contributed by atoms with van der Waals surface area (Å²) in [7, 11) is 1.62. The molecule has 0 radical (unpaired) electrons. The summed E-state index contributed by atoms with van der Waals surface area (Å²) >= 11 is 0. The fourth-order valence-corrected chi connectivity index (χ4v) is 4.65. The van der Waals surface area contributed by atoms with Gasteiger partial charge in [0.25, 0.3) is 0 Å². The van der Waals surface area contributed by atoms with Crippen LogP contribution in [0.15, 0.2) is 36.5 Å². The van der Waals surface area contributed by atoms with Crippen LogP contribution in [0.2, 0.25) is 0 Å². The zero-order valence-electron chi connectivity index (χ0n) is 17.4. The molecule has 0 saturated carbocycles. The SMILES string of the molecule is CN(C(=O)O)[C@@H]1CCN(c2nc(N)nc3c2CCCc2c-3cnn2-c2ccccc2)C1. The highest BCUT2D eigenvalue weighted by molar-refractivity contribution is 5.73. The maximum absolute atomic E-state index is 11.4. The van der Waals surface area contributed by atoms with Gasteiger partial charge in [0.1, 0.15) is 5.82 Å². The van der Waals surface area contributed by atoms with E-state index in [2.05, 4.69) is 20.0 Å². The van der Waals surface area contributed by atoms with Crippen LogP contribution in [0.1, 0.15) is 24.1 Å². The van der Waals surface area contributed by atoms with Crippen molar-refractivity contribution in [2.24, 2.45) is 0 Å².